The Balaban J connectivity index is 3.61. The van der Waals surface area contributed by atoms with E-state index in [1.54, 1.807) is 0 Å². The minimum Gasteiger partial charge on any atom is -0.0654 e. The molecule has 0 radical (unpaired) electrons. The monoisotopic (exact) mass is 212 g/mol. The smallest absolute Gasteiger partial charge is 0.0414 e. The summed E-state index contributed by atoms with van der Waals surface area (Å²) in [5.74, 6) is 1.99. The Morgan fingerprint density at radius 2 is 1.27 bits per heavy atom. The Kier molecular flexibility index (Phi) is 10.5. The molecular weight excluding hydrogens is 180 g/mol. The van der Waals surface area contributed by atoms with Crippen LogP contribution in [-0.4, -0.2) is 0 Å². The molecule has 0 heteroatoms. The van der Waals surface area contributed by atoms with Crippen LogP contribution >= 0.6 is 0 Å². The van der Waals surface area contributed by atoms with Crippen LogP contribution in [0.3, 0.4) is 0 Å². The largest absolute Gasteiger partial charge is 0.0654 e. The van der Waals surface area contributed by atoms with E-state index in [1.165, 1.54) is 57.8 Å². The second-order valence-electron chi connectivity index (χ2n) is 5.04. The first-order valence-corrected chi connectivity index (χ1v) is 7.28. The van der Waals surface area contributed by atoms with E-state index < -0.39 is 0 Å². The summed E-state index contributed by atoms with van der Waals surface area (Å²) in [5.41, 5.74) is 0. The molecule has 0 spiro atoms. The molecule has 0 aromatic carbocycles. The molecule has 1 unspecified atom stereocenters. The summed E-state index contributed by atoms with van der Waals surface area (Å²) in [6, 6.07) is 0. The van der Waals surface area contributed by atoms with Crippen LogP contribution in [0, 0.1) is 11.8 Å². The van der Waals surface area contributed by atoms with Gasteiger partial charge in [0.05, 0.1) is 0 Å². The van der Waals surface area contributed by atoms with Crippen molar-refractivity contribution in [2.75, 3.05) is 0 Å². The highest BCUT2D eigenvalue weighted by Gasteiger charge is 2.11. The van der Waals surface area contributed by atoms with Gasteiger partial charge in [0.25, 0.3) is 0 Å². The second kappa shape index (κ2) is 10.5. The summed E-state index contributed by atoms with van der Waals surface area (Å²) in [6.07, 6.45) is 12.8. The quantitative estimate of drug-likeness (QED) is 0.401. The second-order valence-corrected chi connectivity index (χ2v) is 5.04. The van der Waals surface area contributed by atoms with Crippen LogP contribution in [0.2, 0.25) is 0 Å². The van der Waals surface area contributed by atoms with Gasteiger partial charge in [-0.15, -0.1) is 0 Å². The topological polar surface area (TPSA) is 0 Å². The molecule has 0 bridgehead atoms. The third-order valence-corrected chi connectivity index (χ3v) is 3.86. The van der Waals surface area contributed by atoms with E-state index in [4.69, 9.17) is 0 Å². The SMILES string of the molecule is CCCCCCC(CC)CC(CC)CC. The summed E-state index contributed by atoms with van der Waals surface area (Å²) in [5, 5.41) is 0. The van der Waals surface area contributed by atoms with Gasteiger partial charge in [-0.05, 0) is 18.3 Å². The van der Waals surface area contributed by atoms with Crippen molar-refractivity contribution in [3.05, 3.63) is 0 Å². The van der Waals surface area contributed by atoms with Crippen molar-refractivity contribution in [2.24, 2.45) is 11.8 Å². The van der Waals surface area contributed by atoms with E-state index in [0.29, 0.717) is 0 Å². The highest BCUT2D eigenvalue weighted by molar-refractivity contribution is 4.64. The molecule has 0 fully saturated rings. The van der Waals surface area contributed by atoms with Crippen LogP contribution in [0.4, 0.5) is 0 Å². The lowest BCUT2D eigenvalue weighted by Gasteiger charge is -2.20. The van der Waals surface area contributed by atoms with Gasteiger partial charge in [-0.25, -0.2) is 0 Å². The molecule has 15 heavy (non-hydrogen) atoms. The van der Waals surface area contributed by atoms with Crippen molar-refractivity contribution in [3.8, 4) is 0 Å². The minimum atomic E-state index is 0.987. The number of hydrogen-bond donors (Lipinski definition) is 0. The molecule has 0 amide bonds. The first kappa shape index (κ1) is 15.0. The summed E-state index contributed by atoms with van der Waals surface area (Å²) < 4.78 is 0. The molecule has 0 N–H and O–H groups in total. The standard InChI is InChI=1S/C15H32/c1-5-9-10-11-12-15(8-4)13-14(6-2)7-3/h14-15H,5-13H2,1-4H3. The molecule has 0 aromatic heterocycles. The third-order valence-electron chi connectivity index (χ3n) is 3.86. The molecule has 0 rings (SSSR count). The maximum absolute atomic E-state index is 2.37. The molecule has 0 aliphatic carbocycles. The third kappa shape index (κ3) is 7.88. The highest BCUT2D eigenvalue weighted by Crippen LogP contribution is 2.25. The van der Waals surface area contributed by atoms with E-state index in [0.717, 1.165) is 11.8 Å². The zero-order valence-corrected chi connectivity index (χ0v) is 11.5. The van der Waals surface area contributed by atoms with E-state index in [1.807, 2.05) is 0 Å². The van der Waals surface area contributed by atoms with Crippen LogP contribution in [0.15, 0.2) is 0 Å². The van der Waals surface area contributed by atoms with Crippen molar-refractivity contribution in [2.45, 2.75) is 85.5 Å². The Bertz CT molecular complexity index is 113. The van der Waals surface area contributed by atoms with E-state index in [-0.39, 0.29) is 0 Å². The first-order chi connectivity index (χ1) is 7.28. The van der Waals surface area contributed by atoms with Gasteiger partial charge in [-0.1, -0.05) is 79.1 Å². The molecule has 0 heterocycles. The van der Waals surface area contributed by atoms with Gasteiger partial charge >= 0.3 is 0 Å². The molecule has 92 valence electrons. The van der Waals surface area contributed by atoms with Gasteiger partial charge in [0.2, 0.25) is 0 Å². The first-order valence-electron chi connectivity index (χ1n) is 7.28. The van der Waals surface area contributed by atoms with Gasteiger partial charge in [-0.3, -0.25) is 0 Å². The Morgan fingerprint density at radius 3 is 1.73 bits per heavy atom. The van der Waals surface area contributed by atoms with E-state index in [2.05, 4.69) is 27.7 Å². The van der Waals surface area contributed by atoms with E-state index in [9.17, 15) is 0 Å². The molecule has 0 nitrogen and oxygen atoms in total. The zero-order chi connectivity index (χ0) is 11.5. The van der Waals surface area contributed by atoms with Crippen LogP contribution < -0.4 is 0 Å². The molecule has 0 saturated carbocycles. The Labute approximate surface area is 97.8 Å². The fourth-order valence-corrected chi connectivity index (χ4v) is 2.44. The number of unbranched alkanes of at least 4 members (excludes halogenated alkanes) is 3. The maximum atomic E-state index is 2.37. The van der Waals surface area contributed by atoms with Crippen molar-refractivity contribution in [1.82, 2.24) is 0 Å². The average molecular weight is 212 g/mol. The van der Waals surface area contributed by atoms with Gasteiger partial charge in [0.15, 0.2) is 0 Å². The summed E-state index contributed by atoms with van der Waals surface area (Å²) >= 11 is 0. The number of rotatable bonds is 10. The van der Waals surface area contributed by atoms with Crippen molar-refractivity contribution in [3.63, 3.8) is 0 Å². The summed E-state index contributed by atoms with van der Waals surface area (Å²) in [6.45, 7) is 9.35. The summed E-state index contributed by atoms with van der Waals surface area (Å²) in [7, 11) is 0. The fraction of sp³-hybridized carbons (Fsp3) is 1.00. The molecule has 0 aliphatic rings. The zero-order valence-electron chi connectivity index (χ0n) is 11.5. The lowest BCUT2D eigenvalue weighted by Crippen LogP contribution is -2.07. The normalized spacial score (nSPS) is 13.4. The maximum Gasteiger partial charge on any atom is -0.0414 e. The minimum absolute atomic E-state index is 0.987. The van der Waals surface area contributed by atoms with Gasteiger partial charge < -0.3 is 0 Å². The molecule has 0 aromatic rings. The van der Waals surface area contributed by atoms with Gasteiger partial charge in [0.1, 0.15) is 0 Å². The Hall–Kier alpha value is 0. The number of hydrogen-bond acceptors (Lipinski definition) is 0. The van der Waals surface area contributed by atoms with Crippen LogP contribution in [-0.2, 0) is 0 Å². The summed E-state index contributed by atoms with van der Waals surface area (Å²) in [4.78, 5) is 0. The molecule has 0 aliphatic heterocycles. The van der Waals surface area contributed by atoms with Crippen molar-refractivity contribution < 1.29 is 0 Å². The lowest BCUT2D eigenvalue weighted by molar-refractivity contribution is 0.321. The van der Waals surface area contributed by atoms with E-state index >= 15 is 0 Å². The Morgan fingerprint density at radius 1 is 0.667 bits per heavy atom. The molecule has 0 saturated heterocycles. The molecular formula is C15H32. The fourth-order valence-electron chi connectivity index (χ4n) is 2.44. The lowest BCUT2D eigenvalue weighted by atomic mass is 9.86. The molecule has 1 atom stereocenters. The van der Waals surface area contributed by atoms with Gasteiger partial charge in [-0.2, -0.15) is 0 Å². The van der Waals surface area contributed by atoms with Crippen molar-refractivity contribution in [1.29, 1.82) is 0 Å². The van der Waals surface area contributed by atoms with Crippen LogP contribution in [0.5, 0.6) is 0 Å². The highest BCUT2D eigenvalue weighted by atomic mass is 14.2. The van der Waals surface area contributed by atoms with Gasteiger partial charge in [0, 0.05) is 0 Å². The van der Waals surface area contributed by atoms with Crippen LogP contribution in [0.1, 0.15) is 85.5 Å². The average Bonchev–Trinajstić information content (AvgIpc) is 2.28. The van der Waals surface area contributed by atoms with Crippen LogP contribution in [0.25, 0.3) is 0 Å². The predicted octanol–water partition coefficient (Wildman–Crippen LogP) is 5.81. The van der Waals surface area contributed by atoms with Crippen molar-refractivity contribution >= 4 is 0 Å². The predicted molar refractivity (Wildman–Crippen MR) is 71.2 cm³/mol.